The smallest absolute Gasteiger partial charge is 0.223 e. The number of carbonyl (C=O) groups excluding carboxylic acids is 1. The molecule has 6 aromatic rings. The monoisotopic (exact) mass is 854 g/mol. The molecule has 3 heterocycles. The molecule has 1 N–H and O–H groups in total. The number of ketones is 1. The second-order valence-electron chi connectivity index (χ2n) is 14.6. The SMILES string of the molecule is CCC(C)(CC)C(=O)/C=C(\O)C(C)(CC)CC.Cc1csc2c1ccc1c2oc2ncnc(-c3[c-]c4ccccc4c(C(C)(C)C)c3)c21.[Ir]. The van der Waals surface area contributed by atoms with Crippen molar-refractivity contribution < 1.29 is 34.4 Å². The average Bonchev–Trinajstić information content (AvgIpc) is 3.67. The zero-order valence-corrected chi connectivity index (χ0v) is 33.7. The molecule has 0 atom stereocenters. The molecule has 3 aromatic heterocycles. The fraction of sp³-hybridized carbons (Fsp3) is 0.405. The third kappa shape index (κ3) is 7.27. The van der Waals surface area contributed by atoms with E-state index in [1.54, 1.807) is 17.7 Å². The van der Waals surface area contributed by atoms with E-state index in [9.17, 15) is 9.90 Å². The number of furan rings is 1. The number of thiophene rings is 1. The number of nitrogens with zero attached hydrogens (tertiary/aromatic N) is 2. The Bertz CT molecular complexity index is 2140. The number of hydrogen-bond acceptors (Lipinski definition) is 6. The van der Waals surface area contributed by atoms with Gasteiger partial charge in [0.2, 0.25) is 5.71 Å². The van der Waals surface area contributed by atoms with E-state index in [0.29, 0.717) is 5.71 Å². The summed E-state index contributed by atoms with van der Waals surface area (Å²) in [5.74, 6) is 0.286. The summed E-state index contributed by atoms with van der Waals surface area (Å²) in [5, 5.41) is 17.9. The molecule has 6 rings (SSSR count). The predicted octanol–water partition coefficient (Wildman–Crippen LogP) is 12.5. The van der Waals surface area contributed by atoms with Gasteiger partial charge in [0.15, 0.2) is 11.4 Å². The number of aliphatic hydroxyl groups excluding tert-OH is 1. The maximum Gasteiger partial charge on any atom is 0.223 e. The summed E-state index contributed by atoms with van der Waals surface area (Å²) in [6, 6.07) is 18.6. The van der Waals surface area contributed by atoms with Crippen LogP contribution < -0.4 is 0 Å². The first-order chi connectivity index (χ1) is 22.7. The Labute approximate surface area is 308 Å². The van der Waals surface area contributed by atoms with E-state index in [-0.39, 0.29) is 47.9 Å². The van der Waals surface area contributed by atoms with E-state index in [2.05, 4.69) is 86.6 Å². The molecule has 0 fully saturated rings. The minimum absolute atomic E-state index is 0. The number of carbonyl (C=O) groups is 1. The first-order valence-electron chi connectivity index (χ1n) is 17.2. The van der Waals surface area contributed by atoms with Crippen LogP contribution in [0, 0.1) is 23.8 Å². The molecule has 7 heteroatoms. The van der Waals surface area contributed by atoms with Gasteiger partial charge in [-0.15, -0.1) is 40.5 Å². The van der Waals surface area contributed by atoms with Crippen LogP contribution in [0.3, 0.4) is 0 Å². The minimum atomic E-state index is -0.337. The van der Waals surface area contributed by atoms with Gasteiger partial charge in [-0.1, -0.05) is 104 Å². The fourth-order valence-electron chi connectivity index (χ4n) is 6.15. The third-order valence-corrected chi connectivity index (χ3v) is 11.7. The quantitative estimate of drug-likeness (QED) is 0.0938. The molecule has 0 aliphatic carbocycles. The molecule has 1 radical (unpaired) electrons. The van der Waals surface area contributed by atoms with Crippen molar-refractivity contribution in [2.45, 2.75) is 100 Å². The van der Waals surface area contributed by atoms with Gasteiger partial charge in [-0.05, 0) is 54.4 Å². The van der Waals surface area contributed by atoms with Gasteiger partial charge < -0.3 is 9.52 Å². The minimum Gasteiger partial charge on any atom is -0.512 e. The van der Waals surface area contributed by atoms with Crippen molar-refractivity contribution in [2.24, 2.45) is 10.8 Å². The largest absolute Gasteiger partial charge is 0.512 e. The Morgan fingerprint density at radius 2 is 1.53 bits per heavy atom. The Hall–Kier alpha value is -3.38. The summed E-state index contributed by atoms with van der Waals surface area (Å²) in [6.45, 7) is 21.0. The van der Waals surface area contributed by atoms with Gasteiger partial charge in [0.25, 0.3) is 0 Å². The number of hydrogen-bond donors (Lipinski definition) is 1. The van der Waals surface area contributed by atoms with Crippen LogP contribution >= 0.6 is 11.3 Å². The van der Waals surface area contributed by atoms with Crippen LogP contribution in [0.4, 0.5) is 0 Å². The maximum absolute atomic E-state index is 12.2. The Balaban J connectivity index is 0.000000260. The number of benzene rings is 3. The van der Waals surface area contributed by atoms with Crippen molar-refractivity contribution in [3.63, 3.8) is 0 Å². The Kier molecular flexibility index (Phi) is 11.6. The van der Waals surface area contributed by atoms with Gasteiger partial charge in [-0.2, -0.15) is 0 Å². The topological polar surface area (TPSA) is 76.2 Å². The van der Waals surface area contributed by atoms with Crippen molar-refractivity contribution in [1.29, 1.82) is 0 Å². The molecular formula is C42H49IrN2O3S-. The second kappa shape index (κ2) is 14.8. The molecule has 0 amide bonds. The van der Waals surface area contributed by atoms with E-state index in [1.807, 2.05) is 41.5 Å². The maximum atomic E-state index is 12.2. The second-order valence-corrected chi connectivity index (χ2v) is 15.4. The van der Waals surface area contributed by atoms with Crippen molar-refractivity contribution in [3.8, 4) is 11.3 Å². The van der Waals surface area contributed by atoms with Gasteiger partial charge in [0.1, 0.15) is 12.1 Å². The molecule has 3 aromatic carbocycles. The Morgan fingerprint density at radius 1 is 0.898 bits per heavy atom. The molecule has 0 spiro atoms. The number of aryl methyl sites for hydroxylation is 1. The van der Waals surface area contributed by atoms with Gasteiger partial charge in [-0.25, -0.2) is 4.98 Å². The zero-order chi connectivity index (χ0) is 35.0. The van der Waals surface area contributed by atoms with E-state index < -0.39 is 0 Å². The summed E-state index contributed by atoms with van der Waals surface area (Å²) in [7, 11) is 0. The fourth-order valence-corrected chi connectivity index (χ4v) is 7.19. The summed E-state index contributed by atoms with van der Waals surface area (Å²) in [4.78, 5) is 21.4. The van der Waals surface area contributed by atoms with Crippen LogP contribution in [0.25, 0.3) is 54.2 Å². The van der Waals surface area contributed by atoms with Gasteiger partial charge in [-0.3, -0.25) is 9.78 Å². The van der Waals surface area contributed by atoms with Crippen LogP contribution in [0.15, 0.2) is 70.4 Å². The van der Waals surface area contributed by atoms with E-state index >= 15 is 0 Å². The number of aromatic nitrogens is 2. The molecule has 0 unspecified atom stereocenters. The molecular weight excluding hydrogens is 805 g/mol. The van der Waals surface area contributed by atoms with Crippen molar-refractivity contribution in [1.82, 2.24) is 9.97 Å². The van der Waals surface area contributed by atoms with Gasteiger partial charge in [0, 0.05) is 53.5 Å². The van der Waals surface area contributed by atoms with E-state index in [4.69, 9.17) is 9.40 Å². The molecule has 0 saturated carbocycles. The molecule has 0 saturated heterocycles. The molecule has 0 aliphatic rings. The number of rotatable bonds is 8. The van der Waals surface area contributed by atoms with Crippen LogP contribution in [0.2, 0.25) is 0 Å². The van der Waals surface area contributed by atoms with Gasteiger partial charge in [0.05, 0.1) is 4.70 Å². The normalized spacial score (nSPS) is 12.7. The van der Waals surface area contributed by atoms with Crippen molar-refractivity contribution in [2.75, 3.05) is 0 Å². The van der Waals surface area contributed by atoms with Crippen LogP contribution in [0.1, 0.15) is 99.1 Å². The van der Waals surface area contributed by atoms with Crippen molar-refractivity contribution in [3.05, 3.63) is 83.2 Å². The number of fused-ring (bicyclic) bond motifs is 6. The number of allylic oxidation sites excluding steroid dienone is 2. The molecule has 49 heavy (non-hydrogen) atoms. The molecule has 261 valence electrons. The number of aliphatic hydroxyl groups is 1. The first kappa shape index (κ1) is 38.4. The molecule has 5 nitrogen and oxygen atoms in total. The van der Waals surface area contributed by atoms with Gasteiger partial charge >= 0.3 is 0 Å². The third-order valence-electron chi connectivity index (χ3n) is 10.6. The first-order valence-corrected chi connectivity index (χ1v) is 18.0. The Morgan fingerprint density at radius 3 is 2.16 bits per heavy atom. The standard InChI is InChI=1S/C27H21N2OS.C15H28O2.Ir/c1-15-13-31-25-18(15)9-10-20-22-23(28-14-29-26(22)30-24(20)25)17-11-16-7-5-6-8-19(16)21(12-17)27(2,3)4;1-7-14(5,8-2)12(16)11-13(17)15(6,9-3)10-4;/h5-10,12-14H,1-4H3;11,16H,7-10H2,1-6H3;/q-1;;/b;12-11-;. The van der Waals surface area contributed by atoms with Crippen LogP contribution in [0.5, 0.6) is 0 Å². The summed E-state index contributed by atoms with van der Waals surface area (Å²) in [5.41, 5.74) is 5.30. The van der Waals surface area contributed by atoms with Crippen LogP contribution in [-0.4, -0.2) is 20.9 Å². The summed E-state index contributed by atoms with van der Waals surface area (Å²) < 4.78 is 7.44. The van der Waals surface area contributed by atoms with Crippen LogP contribution in [-0.2, 0) is 30.3 Å². The molecule has 0 bridgehead atoms. The summed E-state index contributed by atoms with van der Waals surface area (Å²) >= 11 is 1.72. The van der Waals surface area contributed by atoms with Crippen molar-refractivity contribution >= 4 is 60.0 Å². The average molecular weight is 854 g/mol. The van der Waals surface area contributed by atoms with E-state index in [1.165, 1.54) is 28.0 Å². The summed E-state index contributed by atoms with van der Waals surface area (Å²) in [6.07, 6.45) is 6.35. The zero-order valence-electron chi connectivity index (χ0n) is 30.5. The molecule has 0 aliphatic heterocycles. The predicted molar refractivity (Wildman–Crippen MR) is 203 cm³/mol. The van der Waals surface area contributed by atoms with E-state index in [0.717, 1.165) is 63.4 Å².